The monoisotopic (exact) mass is 552 g/mol. The zero-order valence-corrected chi connectivity index (χ0v) is 21.3. The maximum atomic E-state index is 13.3. The molecule has 178 valence electrons. The molecule has 0 saturated heterocycles. The Labute approximate surface area is 213 Å². The number of aryl methyl sites for hydroxylation is 1. The number of carbonyl (C=O) groups is 1. The average Bonchev–Trinajstić information content (AvgIpc) is 2.85. The number of ether oxygens (including phenoxy) is 1. The number of aromatic hydroxyl groups is 1. The summed E-state index contributed by atoms with van der Waals surface area (Å²) in [5, 5.41) is 14.8. The molecule has 0 radical (unpaired) electrons. The van der Waals surface area contributed by atoms with E-state index in [9.17, 15) is 14.7 Å². The lowest BCUT2D eigenvalue weighted by atomic mass is 10.2. The van der Waals surface area contributed by atoms with Crippen LogP contribution >= 0.6 is 27.7 Å². The molecular weight excluding hydrogens is 532 g/mol. The summed E-state index contributed by atoms with van der Waals surface area (Å²) in [6.45, 7) is 1.97. The summed E-state index contributed by atoms with van der Waals surface area (Å²) < 4.78 is 7.07. The van der Waals surface area contributed by atoms with Crippen LogP contribution in [0.3, 0.4) is 0 Å². The fourth-order valence-electron chi connectivity index (χ4n) is 3.30. The zero-order chi connectivity index (χ0) is 24.9. The van der Waals surface area contributed by atoms with E-state index in [2.05, 4.69) is 31.4 Å². The number of para-hydroxylation sites is 1. The van der Waals surface area contributed by atoms with Gasteiger partial charge in [0.15, 0.2) is 16.7 Å². The highest BCUT2D eigenvalue weighted by atomic mass is 79.9. The summed E-state index contributed by atoms with van der Waals surface area (Å²) in [4.78, 5) is 30.4. The second kappa shape index (κ2) is 10.7. The summed E-state index contributed by atoms with van der Waals surface area (Å²) in [6, 6.07) is 17.9. The molecule has 4 rings (SSSR count). The third-order valence-electron chi connectivity index (χ3n) is 5.04. The standard InChI is InChI=1S/C25H21BrN4O4S/c1-15-7-9-17(10-8-15)30-24(33)18-5-3-4-6-20(18)28-25(30)35-14-22(31)29-27-13-16-11-19(26)23(32)21(12-16)34-2/h3-13,32H,14H2,1-2H3,(H,29,31)/b27-13-. The Kier molecular flexibility index (Phi) is 7.52. The molecule has 0 atom stereocenters. The van der Waals surface area contributed by atoms with Gasteiger partial charge in [0.25, 0.3) is 11.5 Å². The number of nitrogens with one attached hydrogen (secondary N) is 1. The number of benzene rings is 3. The molecule has 0 saturated carbocycles. The number of carbonyl (C=O) groups excluding carboxylic acids is 1. The van der Waals surface area contributed by atoms with E-state index >= 15 is 0 Å². The first-order valence-corrected chi connectivity index (χ1v) is 12.3. The van der Waals surface area contributed by atoms with Gasteiger partial charge in [-0.05, 0) is 64.8 Å². The smallest absolute Gasteiger partial charge is 0.266 e. The quantitative estimate of drug-likeness (QED) is 0.152. The van der Waals surface area contributed by atoms with Gasteiger partial charge < -0.3 is 9.84 Å². The molecule has 0 aliphatic heterocycles. The van der Waals surface area contributed by atoms with Crippen molar-refractivity contribution in [2.24, 2.45) is 5.10 Å². The number of nitrogens with zero attached hydrogens (tertiary/aromatic N) is 3. The van der Waals surface area contributed by atoms with Crippen LogP contribution in [0.15, 0.2) is 80.2 Å². The van der Waals surface area contributed by atoms with Gasteiger partial charge in [-0.1, -0.05) is 41.6 Å². The molecule has 35 heavy (non-hydrogen) atoms. The van der Waals surface area contributed by atoms with Crippen LogP contribution in [-0.2, 0) is 4.79 Å². The van der Waals surface area contributed by atoms with Gasteiger partial charge in [-0.25, -0.2) is 10.4 Å². The lowest BCUT2D eigenvalue weighted by molar-refractivity contribution is -0.118. The van der Waals surface area contributed by atoms with E-state index in [1.165, 1.54) is 17.9 Å². The van der Waals surface area contributed by atoms with Crippen LogP contribution in [0.25, 0.3) is 16.6 Å². The van der Waals surface area contributed by atoms with E-state index in [-0.39, 0.29) is 28.7 Å². The molecular formula is C25H21BrN4O4S. The number of amides is 1. The van der Waals surface area contributed by atoms with Gasteiger partial charge in [0.1, 0.15) is 0 Å². The van der Waals surface area contributed by atoms with Crippen LogP contribution in [0, 0.1) is 6.92 Å². The number of hydrogen-bond donors (Lipinski definition) is 2. The van der Waals surface area contributed by atoms with E-state index in [1.54, 1.807) is 30.3 Å². The van der Waals surface area contributed by atoms with Crippen molar-refractivity contribution in [1.29, 1.82) is 0 Å². The highest BCUT2D eigenvalue weighted by Gasteiger charge is 2.15. The fraction of sp³-hybridized carbons (Fsp3) is 0.120. The van der Waals surface area contributed by atoms with E-state index in [4.69, 9.17) is 4.74 Å². The van der Waals surface area contributed by atoms with Gasteiger partial charge in [-0.3, -0.25) is 14.2 Å². The van der Waals surface area contributed by atoms with Crippen LogP contribution in [0.5, 0.6) is 11.5 Å². The number of thioether (sulfide) groups is 1. The number of hydrogen-bond acceptors (Lipinski definition) is 7. The number of hydrazone groups is 1. The zero-order valence-electron chi connectivity index (χ0n) is 18.9. The van der Waals surface area contributed by atoms with E-state index in [1.807, 2.05) is 37.3 Å². The number of halogens is 1. The number of phenols is 1. The van der Waals surface area contributed by atoms with Crippen LogP contribution in [0.4, 0.5) is 0 Å². The molecule has 3 aromatic carbocycles. The minimum atomic E-state index is -0.367. The molecule has 1 aromatic heterocycles. The average molecular weight is 553 g/mol. The predicted molar refractivity (Wildman–Crippen MR) is 141 cm³/mol. The SMILES string of the molecule is COc1cc(/C=N\NC(=O)CSc2nc3ccccc3c(=O)n2-c2ccc(C)cc2)cc(Br)c1O. The Hall–Kier alpha value is -3.63. The number of aromatic nitrogens is 2. The van der Waals surface area contributed by atoms with Crippen LogP contribution < -0.4 is 15.7 Å². The fourth-order valence-corrected chi connectivity index (χ4v) is 4.56. The maximum absolute atomic E-state index is 13.3. The van der Waals surface area contributed by atoms with Gasteiger partial charge in [0.2, 0.25) is 0 Å². The molecule has 0 fully saturated rings. The second-order valence-corrected chi connectivity index (χ2v) is 9.32. The van der Waals surface area contributed by atoms with Crippen molar-refractivity contribution >= 4 is 50.7 Å². The summed E-state index contributed by atoms with van der Waals surface area (Å²) in [5.74, 6) is -0.114. The maximum Gasteiger partial charge on any atom is 0.266 e. The number of phenolic OH excluding ortho intramolecular Hbond substituents is 1. The first-order chi connectivity index (χ1) is 16.9. The summed E-state index contributed by atoms with van der Waals surface area (Å²) in [6.07, 6.45) is 1.44. The molecule has 4 aromatic rings. The molecule has 1 amide bonds. The highest BCUT2D eigenvalue weighted by Crippen LogP contribution is 2.34. The van der Waals surface area contributed by atoms with Crippen molar-refractivity contribution in [2.75, 3.05) is 12.9 Å². The molecule has 1 heterocycles. The van der Waals surface area contributed by atoms with Crippen molar-refractivity contribution < 1.29 is 14.6 Å². The number of rotatable bonds is 7. The van der Waals surface area contributed by atoms with Crippen molar-refractivity contribution in [1.82, 2.24) is 15.0 Å². The Morgan fingerprint density at radius 2 is 1.97 bits per heavy atom. The van der Waals surface area contributed by atoms with Crippen LogP contribution in [0.1, 0.15) is 11.1 Å². The van der Waals surface area contributed by atoms with E-state index in [0.29, 0.717) is 31.8 Å². The second-order valence-electron chi connectivity index (χ2n) is 7.52. The molecule has 0 unspecified atom stereocenters. The largest absolute Gasteiger partial charge is 0.503 e. The first-order valence-electron chi connectivity index (χ1n) is 10.5. The van der Waals surface area contributed by atoms with Gasteiger partial charge >= 0.3 is 0 Å². The van der Waals surface area contributed by atoms with Crippen molar-refractivity contribution in [3.8, 4) is 17.2 Å². The normalized spacial score (nSPS) is 11.2. The highest BCUT2D eigenvalue weighted by molar-refractivity contribution is 9.10. The summed E-state index contributed by atoms with van der Waals surface area (Å²) in [5.41, 5.74) is 5.19. The Morgan fingerprint density at radius 3 is 2.71 bits per heavy atom. The molecule has 2 N–H and O–H groups in total. The molecule has 0 aliphatic rings. The topological polar surface area (TPSA) is 106 Å². The van der Waals surface area contributed by atoms with Crippen LogP contribution in [0.2, 0.25) is 0 Å². The molecule has 8 nitrogen and oxygen atoms in total. The molecule has 0 aliphatic carbocycles. The van der Waals surface area contributed by atoms with Gasteiger partial charge in [0.05, 0.1) is 40.1 Å². The lowest BCUT2D eigenvalue weighted by Gasteiger charge is -2.13. The predicted octanol–water partition coefficient (Wildman–Crippen LogP) is 4.41. The molecule has 0 bridgehead atoms. The van der Waals surface area contributed by atoms with Crippen molar-refractivity contribution in [3.63, 3.8) is 0 Å². The minimum absolute atomic E-state index is 0.00340. The Bertz CT molecular complexity index is 1490. The Balaban J connectivity index is 1.54. The van der Waals surface area contributed by atoms with Crippen LogP contribution in [-0.4, -0.2) is 39.6 Å². The molecule has 10 heteroatoms. The van der Waals surface area contributed by atoms with Gasteiger partial charge in [-0.2, -0.15) is 5.10 Å². The third-order valence-corrected chi connectivity index (χ3v) is 6.59. The summed E-state index contributed by atoms with van der Waals surface area (Å²) in [7, 11) is 1.44. The van der Waals surface area contributed by atoms with Gasteiger partial charge in [0, 0.05) is 0 Å². The number of methoxy groups -OCH3 is 1. The van der Waals surface area contributed by atoms with Gasteiger partial charge in [-0.15, -0.1) is 0 Å². The summed E-state index contributed by atoms with van der Waals surface area (Å²) >= 11 is 4.39. The van der Waals surface area contributed by atoms with E-state index < -0.39 is 0 Å². The third kappa shape index (κ3) is 5.55. The molecule has 0 spiro atoms. The first kappa shape index (κ1) is 24.5. The lowest BCUT2D eigenvalue weighted by Crippen LogP contribution is -2.24. The van der Waals surface area contributed by atoms with Crippen molar-refractivity contribution in [2.45, 2.75) is 12.1 Å². The van der Waals surface area contributed by atoms with E-state index in [0.717, 1.165) is 17.3 Å². The minimum Gasteiger partial charge on any atom is -0.503 e. The number of fused-ring (bicyclic) bond motifs is 1. The Morgan fingerprint density at radius 1 is 1.23 bits per heavy atom. The van der Waals surface area contributed by atoms with Crippen molar-refractivity contribution in [3.05, 3.63) is 86.6 Å².